The number of aryl methyl sites for hydroxylation is 1. The van der Waals surface area contributed by atoms with Crippen LogP contribution in [0.15, 0.2) is 30.3 Å². The van der Waals surface area contributed by atoms with Gasteiger partial charge in [-0.1, -0.05) is 6.92 Å². The molecule has 0 unspecified atom stereocenters. The van der Waals surface area contributed by atoms with E-state index in [0.29, 0.717) is 11.4 Å². The third kappa shape index (κ3) is 3.60. The van der Waals surface area contributed by atoms with Gasteiger partial charge in [0.2, 0.25) is 5.91 Å². The van der Waals surface area contributed by atoms with Crippen LogP contribution in [0.2, 0.25) is 0 Å². The van der Waals surface area contributed by atoms with Gasteiger partial charge in [0.15, 0.2) is 0 Å². The van der Waals surface area contributed by atoms with E-state index < -0.39 is 10.8 Å². The summed E-state index contributed by atoms with van der Waals surface area (Å²) in [6.45, 7) is 3.65. The zero-order valence-corrected chi connectivity index (χ0v) is 12.2. The van der Waals surface area contributed by atoms with Gasteiger partial charge in [-0.15, -0.1) is 0 Å². The molecule has 0 bridgehead atoms. The van der Waals surface area contributed by atoms with Gasteiger partial charge >= 0.3 is 5.82 Å². The molecule has 22 heavy (non-hydrogen) atoms. The Hall–Kier alpha value is -2.90. The van der Waals surface area contributed by atoms with Crippen LogP contribution in [0.3, 0.4) is 0 Å². The number of phenolic OH excluding ortho intramolecular Hbond substituents is 1. The number of carbonyl (C=O) groups excluding carboxylic acids is 1. The van der Waals surface area contributed by atoms with Crippen LogP contribution in [0.4, 0.5) is 11.5 Å². The van der Waals surface area contributed by atoms with Crippen LogP contribution in [0.5, 0.6) is 5.75 Å². The van der Waals surface area contributed by atoms with Crippen molar-refractivity contribution in [3.8, 4) is 5.75 Å². The monoisotopic (exact) mass is 304 g/mol. The number of benzene rings is 1. The molecule has 1 atom stereocenters. The molecule has 8 nitrogen and oxygen atoms in total. The van der Waals surface area contributed by atoms with Crippen LogP contribution < -0.4 is 5.32 Å². The number of aromatic hydroxyl groups is 1. The number of aromatic nitrogens is 2. The first-order valence-corrected chi connectivity index (χ1v) is 6.65. The fourth-order valence-corrected chi connectivity index (χ4v) is 1.92. The average Bonchev–Trinajstić information content (AvgIpc) is 2.83. The van der Waals surface area contributed by atoms with Crippen molar-refractivity contribution in [1.82, 2.24) is 9.78 Å². The van der Waals surface area contributed by atoms with E-state index in [1.807, 2.05) is 0 Å². The number of nitrogens with zero attached hydrogens (tertiary/aromatic N) is 3. The van der Waals surface area contributed by atoms with Gasteiger partial charge in [0.1, 0.15) is 5.75 Å². The second-order valence-electron chi connectivity index (χ2n) is 5.02. The Kier molecular flexibility index (Phi) is 4.40. The van der Waals surface area contributed by atoms with Crippen molar-refractivity contribution >= 4 is 17.4 Å². The molecule has 1 aromatic heterocycles. The molecule has 1 aromatic carbocycles. The smallest absolute Gasteiger partial charge is 0.390 e. The number of amides is 1. The molecule has 2 rings (SSSR count). The van der Waals surface area contributed by atoms with Crippen LogP contribution >= 0.6 is 0 Å². The summed E-state index contributed by atoms with van der Waals surface area (Å²) in [7, 11) is 0. The highest BCUT2D eigenvalue weighted by molar-refractivity contribution is 5.92. The Morgan fingerprint density at radius 1 is 1.45 bits per heavy atom. The normalized spacial score (nSPS) is 11.9. The quantitative estimate of drug-likeness (QED) is 0.499. The fourth-order valence-electron chi connectivity index (χ4n) is 1.92. The molecular weight excluding hydrogens is 288 g/mol. The number of phenols is 1. The zero-order valence-electron chi connectivity index (χ0n) is 12.2. The first-order chi connectivity index (χ1) is 10.4. The Morgan fingerprint density at radius 2 is 2.09 bits per heavy atom. The van der Waals surface area contributed by atoms with Gasteiger partial charge in [-0.25, -0.2) is 0 Å². The molecule has 0 fully saturated rings. The Bertz CT molecular complexity index is 693. The van der Waals surface area contributed by atoms with Crippen molar-refractivity contribution in [3.63, 3.8) is 0 Å². The lowest BCUT2D eigenvalue weighted by molar-refractivity contribution is -0.389. The van der Waals surface area contributed by atoms with E-state index >= 15 is 0 Å². The van der Waals surface area contributed by atoms with Gasteiger partial charge in [0.05, 0.1) is 29.3 Å². The van der Waals surface area contributed by atoms with Crippen molar-refractivity contribution in [1.29, 1.82) is 0 Å². The second kappa shape index (κ2) is 6.25. The highest BCUT2D eigenvalue weighted by Gasteiger charge is 2.20. The first-order valence-electron chi connectivity index (χ1n) is 6.65. The summed E-state index contributed by atoms with van der Waals surface area (Å²) in [6.07, 6.45) is 0. The van der Waals surface area contributed by atoms with E-state index in [1.54, 1.807) is 26.0 Å². The van der Waals surface area contributed by atoms with Crippen LogP contribution in [-0.4, -0.2) is 25.7 Å². The van der Waals surface area contributed by atoms with Crippen molar-refractivity contribution in [3.05, 3.63) is 46.1 Å². The Balaban J connectivity index is 2.02. The van der Waals surface area contributed by atoms with Crippen molar-refractivity contribution in [2.45, 2.75) is 20.4 Å². The van der Waals surface area contributed by atoms with E-state index in [1.165, 1.54) is 22.9 Å². The number of carbonyl (C=O) groups is 1. The number of hydrogen-bond acceptors (Lipinski definition) is 5. The van der Waals surface area contributed by atoms with Gasteiger partial charge in [-0.3, -0.25) is 4.79 Å². The van der Waals surface area contributed by atoms with E-state index in [9.17, 15) is 20.0 Å². The minimum atomic E-state index is -0.565. The summed E-state index contributed by atoms with van der Waals surface area (Å²) in [4.78, 5) is 22.2. The third-order valence-electron chi connectivity index (χ3n) is 3.18. The van der Waals surface area contributed by atoms with Gasteiger partial charge in [0.25, 0.3) is 0 Å². The van der Waals surface area contributed by atoms with Crippen LogP contribution in [0, 0.1) is 23.0 Å². The number of hydrogen-bond donors (Lipinski definition) is 2. The molecule has 2 N–H and O–H groups in total. The molecule has 1 heterocycles. The van der Waals surface area contributed by atoms with E-state index in [-0.39, 0.29) is 24.0 Å². The first kappa shape index (κ1) is 15.5. The lowest BCUT2D eigenvalue weighted by Gasteiger charge is -2.11. The molecule has 0 spiro atoms. The minimum Gasteiger partial charge on any atom is -0.508 e. The lowest BCUT2D eigenvalue weighted by Crippen LogP contribution is -2.25. The minimum absolute atomic E-state index is 0.116. The molecule has 0 aliphatic rings. The number of rotatable bonds is 5. The van der Waals surface area contributed by atoms with Crippen LogP contribution in [0.25, 0.3) is 0 Å². The predicted molar refractivity (Wildman–Crippen MR) is 79.5 cm³/mol. The predicted octanol–water partition coefficient (Wildman–Crippen LogP) is 2.08. The van der Waals surface area contributed by atoms with E-state index in [4.69, 9.17) is 0 Å². The number of anilines is 1. The standard InChI is InChI=1S/C14H16N4O4/c1-9(8-17-10(2)7-13(16-17)18(21)22)14(20)15-11-3-5-12(19)6-4-11/h3-7,9,19H,8H2,1-2H3,(H,15,20)/t9-/m1/s1. The molecule has 8 heteroatoms. The molecule has 2 aromatic rings. The average molecular weight is 304 g/mol. The van der Waals surface area contributed by atoms with E-state index in [2.05, 4.69) is 10.4 Å². The largest absolute Gasteiger partial charge is 0.508 e. The summed E-state index contributed by atoms with van der Waals surface area (Å²) in [5.74, 6) is -0.774. The molecule has 0 radical (unpaired) electrons. The van der Waals surface area contributed by atoms with Gasteiger partial charge < -0.3 is 20.5 Å². The molecule has 0 saturated carbocycles. The van der Waals surface area contributed by atoms with Crippen LogP contribution in [0.1, 0.15) is 12.6 Å². The molecule has 116 valence electrons. The summed E-state index contributed by atoms with van der Waals surface area (Å²) in [5.41, 5.74) is 1.19. The van der Waals surface area contributed by atoms with Crippen molar-refractivity contribution in [2.75, 3.05) is 5.32 Å². The summed E-state index contributed by atoms with van der Waals surface area (Å²) in [5, 5.41) is 26.4. The molecule has 1 amide bonds. The van der Waals surface area contributed by atoms with E-state index in [0.717, 1.165) is 0 Å². The topological polar surface area (TPSA) is 110 Å². The summed E-state index contributed by atoms with van der Waals surface area (Å²) < 4.78 is 1.44. The molecule has 0 aliphatic carbocycles. The zero-order chi connectivity index (χ0) is 16.3. The van der Waals surface area contributed by atoms with Crippen molar-refractivity contribution < 1.29 is 14.8 Å². The van der Waals surface area contributed by atoms with Gasteiger partial charge in [-0.05, 0) is 36.1 Å². The maximum absolute atomic E-state index is 12.1. The Labute approximate surface area is 126 Å². The van der Waals surface area contributed by atoms with Gasteiger partial charge in [0, 0.05) is 5.69 Å². The fraction of sp³-hybridized carbons (Fsp3) is 0.286. The van der Waals surface area contributed by atoms with Crippen LogP contribution in [-0.2, 0) is 11.3 Å². The number of nitrogens with one attached hydrogen (secondary N) is 1. The molecular formula is C14H16N4O4. The Morgan fingerprint density at radius 3 is 2.64 bits per heavy atom. The van der Waals surface area contributed by atoms with Gasteiger partial charge in [-0.2, -0.15) is 4.68 Å². The summed E-state index contributed by atoms with van der Waals surface area (Å²) >= 11 is 0. The molecule has 0 saturated heterocycles. The second-order valence-corrected chi connectivity index (χ2v) is 5.02. The maximum atomic E-state index is 12.1. The highest BCUT2D eigenvalue weighted by Crippen LogP contribution is 2.16. The molecule has 0 aliphatic heterocycles. The summed E-state index contributed by atoms with van der Waals surface area (Å²) in [6, 6.07) is 7.49. The van der Waals surface area contributed by atoms with Crippen molar-refractivity contribution in [2.24, 2.45) is 5.92 Å². The number of nitro groups is 1. The highest BCUT2D eigenvalue weighted by atomic mass is 16.6. The maximum Gasteiger partial charge on any atom is 0.390 e. The lowest BCUT2D eigenvalue weighted by atomic mass is 10.1. The third-order valence-corrected chi connectivity index (χ3v) is 3.18. The SMILES string of the molecule is Cc1cc([N+](=O)[O-])nn1C[C@@H](C)C(=O)Nc1ccc(O)cc1.